The monoisotopic (exact) mass is 318 g/mol. The van der Waals surface area contributed by atoms with Crippen molar-refractivity contribution in [1.82, 2.24) is 4.90 Å². The van der Waals surface area contributed by atoms with Crippen molar-refractivity contribution in [2.45, 2.75) is 18.9 Å². The van der Waals surface area contributed by atoms with E-state index in [1.54, 1.807) is 6.08 Å². The van der Waals surface area contributed by atoms with Gasteiger partial charge in [0.15, 0.2) is 0 Å². The molecule has 24 heavy (non-hydrogen) atoms. The highest BCUT2D eigenvalue weighted by Gasteiger charge is 2.27. The Labute approximate surface area is 143 Å². The first-order valence-electron chi connectivity index (χ1n) is 8.43. The van der Waals surface area contributed by atoms with Crippen molar-refractivity contribution >= 4 is 5.70 Å². The summed E-state index contributed by atoms with van der Waals surface area (Å²) >= 11 is 0. The van der Waals surface area contributed by atoms with Crippen LogP contribution < -0.4 is 0 Å². The third-order valence-electron chi connectivity index (χ3n) is 4.74. The lowest BCUT2D eigenvalue weighted by Crippen LogP contribution is -2.34. The third kappa shape index (κ3) is 3.67. The van der Waals surface area contributed by atoms with Gasteiger partial charge in [-0.2, -0.15) is 5.26 Å². The van der Waals surface area contributed by atoms with E-state index < -0.39 is 6.10 Å². The molecular weight excluding hydrogens is 296 g/mol. The predicted molar refractivity (Wildman–Crippen MR) is 95.7 cm³/mol. The number of likely N-dealkylation sites (tertiary alicyclic amines) is 1. The average molecular weight is 318 g/mol. The fourth-order valence-corrected chi connectivity index (χ4v) is 3.41. The molecule has 2 aromatic rings. The van der Waals surface area contributed by atoms with Gasteiger partial charge in [-0.1, -0.05) is 60.7 Å². The second kappa shape index (κ2) is 7.81. The van der Waals surface area contributed by atoms with Crippen LogP contribution in [-0.2, 0) is 0 Å². The van der Waals surface area contributed by atoms with Gasteiger partial charge in [0, 0.05) is 19.2 Å². The molecule has 1 unspecified atom stereocenters. The third-order valence-corrected chi connectivity index (χ3v) is 4.74. The summed E-state index contributed by atoms with van der Waals surface area (Å²) in [7, 11) is 0. The molecule has 1 heterocycles. The van der Waals surface area contributed by atoms with Gasteiger partial charge >= 0.3 is 0 Å². The minimum atomic E-state index is -0.409. The largest absolute Gasteiger partial charge is 0.388 e. The van der Waals surface area contributed by atoms with E-state index in [2.05, 4.69) is 11.0 Å². The Morgan fingerprint density at radius 3 is 2.21 bits per heavy atom. The molecule has 0 aromatic heterocycles. The van der Waals surface area contributed by atoms with Gasteiger partial charge in [0.25, 0.3) is 0 Å². The first-order valence-corrected chi connectivity index (χ1v) is 8.43. The quantitative estimate of drug-likeness (QED) is 0.867. The van der Waals surface area contributed by atoms with E-state index in [9.17, 15) is 5.11 Å². The molecule has 122 valence electrons. The molecule has 0 radical (unpaired) electrons. The molecule has 3 rings (SSSR count). The molecule has 0 spiro atoms. The lowest BCUT2D eigenvalue weighted by atomic mass is 9.87. The van der Waals surface area contributed by atoms with Gasteiger partial charge in [0.2, 0.25) is 0 Å². The zero-order chi connectivity index (χ0) is 16.8. The minimum absolute atomic E-state index is 0.266. The van der Waals surface area contributed by atoms with Crippen LogP contribution in [-0.4, -0.2) is 23.1 Å². The number of piperidine rings is 1. The van der Waals surface area contributed by atoms with Crippen molar-refractivity contribution < 1.29 is 5.11 Å². The Morgan fingerprint density at radius 2 is 1.62 bits per heavy atom. The van der Waals surface area contributed by atoms with Crippen LogP contribution in [0.1, 0.15) is 30.1 Å². The number of allylic oxidation sites excluding steroid dienone is 1. The lowest BCUT2D eigenvalue weighted by molar-refractivity contribution is 0.0722. The van der Waals surface area contributed by atoms with Crippen LogP contribution in [0.2, 0.25) is 0 Å². The number of hydrogen-bond donors (Lipinski definition) is 1. The predicted octanol–water partition coefficient (Wildman–Crippen LogP) is 4.00. The van der Waals surface area contributed by atoms with Crippen molar-refractivity contribution in [3.8, 4) is 6.07 Å². The Hall–Kier alpha value is -2.57. The molecule has 1 atom stereocenters. The SMILES string of the molecule is N#C/C=C(\c1ccccc1)N1CCC(C(O)c2ccccc2)CC1. The molecule has 3 heteroatoms. The van der Waals surface area contributed by atoms with Gasteiger partial charge in [0.1, 0.15) is 0 Å². The number of aliphatic hydroxyl groups excluding tert-OH is 1. The van der Waals surface area contributed by atoms with E-state index in [-0.39, 0.29) is 5.92 Å². The molecule has 1 N–H and O–H groups in total. The number of hydrogen-bond acceptors (Lipinski definition) is 3. The van der Waals surface area contributed by atoms with Crippen molar-refractivity contribution in [3.05, 3.63) is 77.9 Å². The molecule has 1 aliphatic heterocycles. The Kier molecular flexibility index (Phi) is 5.30. The maximum Gasteiger partial charge on any atom is 0.0934 e. The highest BCUT2D eigenvalue weighted by Crippen LogP contribution is 2.33. The summed E-state index contributed by atoms with van der Waals surface area (Å²) in [6.07, 6.45) is 3.06. The molecule has 1 saturated heterocycles. The second-order valence-corrected chi connectivity index (χ2v) is 6.20. The smallest absolute Gasteiger partial charge is 0.0934 e. The fraction of sp³-hybridized carbons (Fsp3) is 0.286. The topological polar surface area (TPSA) is 47.3 Å². The second-order valence-electron chi connectivity index (χ2n) is 6.20. The first-order chi connectivity index (χ1) is 11.8. The molecular formula is C21H22N2O. The summed E-state index contributed by atoms with van der Waals surface area (Å²) in [5.74, 6) is 0.266. The summed E-state index contributed by atoms with van der Waals surface area (Å²) in [6.45, 7) is 1.72. The molecule has 3 nitrogen and oxygen atoms in total. The van der Waals surface area contributed by atoms with E-state index >= 15 is 0 Å². The van der Waals surface area contributed by atoms with Gasteiger partial charge in [-0.3, -0.25) is 0 Å². The Morgan fingerprint density at radius 1 is 1.04 bits per heavy atom. The minimum Gasteiger partial charge on any atom is -0.388 e. The number of nitriles is 1. The van der Waals surface area contributed by atoms with Crippen LogP contribution in [0.4, 0.5) is 0 Å². The Balaban J connectivity index is 1.68. The zero-order valence-electron chi connectivity index (χ0n) is 13.7. The van der Waals surface area contributed by atoms with Gasteiger partial charge in [-0.05, 0) is 29.9 Å². The molecule has 0 amide bonds. The van der Waals surface area contributed by atoms with Gasteiger partial charge in [-0.25, -0.2) is 0 Å². The molecule has 0 bridgehead atoms. The maximum atomic E-state index is 10.6. The molecule has 0 saturated carbocycles. The van der Waals surface area contributed by atoms with E-state index in [0.717, 1.165) is 42.8 Å². The molecule has 0 aliphatic carbocycles. The highest BCUT2D eigenvalue weighted by atomic mass is 16.3. The number of aliphatic hydroxyl groups is 1. The van der Waals surface area contributed by atoms with Crippen molar-refractivity contribution in [3.63, 3.8) is 0 Å². The van der Waals surface area contributed by atoms with Crippen LogP contribution in [0.5, 0.6) is 0 Å². The summed E-state index contributed by atoms with van der Waals surface area (Å²) in [5.41, 5.74) is 3.04. The molecule has 2 aromatic carbocycles. The van der Waals surface area contributed by atoms with Crippen LogP contribution >= 0.6 is 0 Å². The summed E-state index contributed by atoms with van der Waals surface area (Å²) in [4.78, 5) is 2.26. The van der Waals surface area contributed by atoms with E-state index in [1.807, 2.05) is 60.7 Å². The van der Waals surface area contributed by atoms with Crippen LogP contribution in [0, 0.1) is 17.2 Å². The standard InChI is InChI=1S/C21H22N2O/c22-14-11-20(17-7-3-1-4-8-17)23-15-12-19(13-16-23)21(24)18-9-5-2-6-10-18/h1-11,19,21,24H,12-13,15-16H2/b20-11+. The molecule has 1 fully saturated rings. The zero-order valence-corrected chi connectivity index (χ0v) is 13.7. The van der Waals surface area contributed by atoms with Gasteiger partial charge in [0.05, 0.1) is 17.9 Å². The number of rotatable bonds is 4. The summed E-state index contributed by atoms with van der Waals surface area (Å²) in [5, 5.41) is 19.7. The van der Waals surface area contributed by atoms with E-state index in [1.165, 1.54) is 0 Å². The summed E-state index contributed by atoms with van der Waals surface area (Å²) in [6, 6.07) is 22.1. The maximum absolute atomic E-state index is 10.6. The van der Waals surface area contributed by atoms with Crippen LogP contribution in [0.3, 0.4) is 0 Å². The van der Waals surface area contributed by atoms with Crippen molar-refractivity contribution in [1.29, 1.82) is 5.26 Å². The average Bonchev–Trinajstić information content (AvgIpc) is 2.67. The molecule has 1 aliphatic rings. The van der Waals surface area contributed by atoms with Crippen molar-refractivity contribution in [2.24, 2.45) is 5.92 Å². The normalized spacial score (nSPS) is 17.3. The Bertz CT molecular complexity index is 711. The van der Waals surface area contributed by atoms with E-state index in [0.29, 0.717) is 0 Å². The number of nitrogens with zero attached hydrogens (tertiary/aromatic N) is 2. The van der Waals surface area contributed by atoms with Gasteiger partial charge in [-0.15, -0.1) is 0 Å². The van der Waals surface area contributed by atoms with Crippen LogP contribution in [0.15, 0.2) is 66.7 Å². The highest BCUT2D eigenvalue weighted by molar-refractivity contribution is 5.66. The summed E-state index contributed by atoms with van der Waals surface area (Å²) < 4.78 is 0. The van der Waals surface area contributed by atoms with Crippen LogP contribution in [0.25, 0.3) is 5.70 Å². The lowest BCUT2D eigenvalue weighted by Gasteiger charge is -2.37. The van der Waals surface area contributed by atoms with Gasteiger partial charge < -0.3 is 10.0 Å². The fourth-order valence-electron chi connectivity index (χ4n) is 3.41. The van der Waals surface area contributed by atoms with Crippen molar-refractivity contribution in [2.75, 3.05) is 13.1 Å². The number of benzene rings is 2. The first kappa shape index (κ1) is 16.3. The van der Waals surface area contributed by atoms with E-state index in [4.69, 9.17) is 5.26 Å².